The number of likely N-dealkylation sites (tertiary alicyclic amines) is 1. The van der Waals surface area contributed by atoms with Gasteiger partial charge in [-0.1, -0.05) is 6.07 Å². The molecule has 2 aromatic heterocycles. The number of pyridine rings is 1. The topological polar surface area (TPSA) is 100.0 Å². The molecule has 37 heavy (non-hydrogen) atoms. The number of rotatable bonds is 10. The molecule has 8 nitrogen and oxygen atoms in total. The minimum absolute atomic E-state index is 0.0704. The molecule has 2 aliphatic rings. The summed E-state index contributed by atoms with van der Waals surface area (Å²) < 4.78 is 28.0. The molecule has 2 fully saturated rings. The minimum atomic E-state index is -0.574. The number of hydrogen-bond acceptors (Lipinski definition) is 7. The molecule has 1 saturated carbocycles. The molecule has 9 heteroatoms. The minimum Gasteiger partial charge on any atom is -0.484 e. The second kappa shape index (κ2) is 11.0. The van der Waals surface area contributed by atoms with Crippen LogP contribution in [0.25, 0.3) is 0 Å². The summed E-state index contributed by atoms with van der Waals surface area (Å²) in [5.74, 6) is 1.09. The SMILES string of the molecule is N#CCC1(Cn2ccnc2CN2CCC(Oc3cccc(COc4ccc(C#N)cc4F)n3)CC2)CC1. The zero-order valence-corrected chi connectivity index (χ0v) is 20.6. The van der Waals surface area contributed by atoms with Crippen molar-refractivity contribution in [3.05, 3.63) is 71.7 Å². The molecule has 1 aliphatic heterocycles. The van der Waals surface area contributed by atoms with Gasteiger partial charge < -0.3 is 14.0 Å². The molecule has 0 N–H and O–H groups in total. The summed E-state index contributed by atoms with van der Waals surface area (Å²) in [4.78, 5) is 11.5. The van der Waals surface area contributed by atoms with Crippen molar-refractivity contribution in [3.63, 3.8) is 0 Å². The van der Waals surface area contributed by atoms with E-state index in [0.717, 1.165) is 63.8 Å². The Morgan fingerprint density at radius 3 is 2.70 bits per heavy atom. The zero-order chi connectivity index (χ0) is 25.7. The van der Waals surface area contributed by atoms with Crippen molar-refractivity contribution in [2.24, 2.45) is 5.41 Å². The predicted molar refractivity (Wildman–Crippen MR) is 133 cm³/mol. The van der Waals surface area contributed by atoms with E-state index in [4.69, 9.17) is 20.0 Å². The van der Waals surface area contributed by atoms with Crippen LogP contribution in [0.2, 0.25) is 0 Å². The fourth-order valence-electron chi connectivity index (χ4n) is 4.73. The van der Waals surface area contributed by atoms with Gasteiger partial charge in [0.05, 0.1) is 29.9 Å². The molecule has 1 aliphatic carbocycles. The number of halogens is 1. The summed E-state index contributed by atoms with van der Waals surface area (Å²) >= 11 is 0. The third kappa shape index (κ3) is 6.25. The van der Waals surface area contributed by atoms with Crippen molar-refractivity contribution >= 4 is 0 Å². The first-order valence-electron chi connectivity index (χ1n) is 12.6. The van der Waals surface area contributed by atoms with Crippen molar-refractivity contribution in [2.75, 3.05) is 13.1 Å². The van der Waals surface area contributed by atoms with E-state index in [-0.39, 0.29) is 29.4 Å². The van der Waals surface area contributed by atoms with Crippen LogP contribution in [0.3, 0.4) is 0 Å². The Bertz CT molecular complexity index is 1310. The van der Waals surface area contributed by atoms with Gasteiger partial charge in [-0.05, 0) is 49.9 Å². The quantitative estimate of drug-likeness (QED) is 0.401. The van der Waals surface area contributed by atoms with E-state index in [1.54, 1.807) is 0 Å². The first-order chi connectivity index (χ1) is 18.1. The summed E-state index contributed by atoms with van der Waals surface area (Å²) in [6, 6.07) is 13.8. The van der Waals surface area contributed by atoms with Crippen molar-refractivity contribution in [2.45, 2.75) is 57.9 Å². The van der Waals surface area contributed by atoms with E-state index in [1.807, 2.05) is 36.7 Å². The lowest BCUT2D eigenvalue weighted by molar-refractivity contribution is 0.0906. The van der Waals surface area contributed by atoms with E-state index in [2.05, 4.69) is 25.5 Å². The highest BCUT2D eigenvalue weighted by atomic mass is 19.1. The Hall–Kier alpha value is -3.95. The molecule has 1 saturated heterocycles. The highest BCUT2D eigenvalue weighted by Crippen LogP contribution is 2.50. The van der Waals surface area contributed by atoms with E-state index < -0.39 is 5.82 Å². The Morgan fingerprint density at radius 2 is 1.97 bits per heavy atom. The van der Waals surface area contributed by atoms with E-state index in [1.165, 1.54) is 12.1 Å². The molecule has 0 unspecified atom stereocenters. The van der Waals surface area contributed by atoms with Gasteiger partial charge in [0.15, 0.2) is 11.6 Å². The number of aromatic nitrogens is 3. The maximum atomic E-state index is 14.1. The summed E-state index contributed by atoms with van der Waals surface area (Å²) in [5.41, 5.74) is 1.03. The van der Waals surface area contributed by atoms with Crippen LogP contribution < -0.4 is 9.47 Å². The maximum Gasteiger partial charge on any atom is 0.213 e. The number of hydrogen-bond donors (Lipinski definition) is 0. The van der Waals surface area contributed by atoms with E-state index >= 15 is 0 Å². The van der Waals surface area contributed by atoms with E-state index in [0.29, 0.717) is 18.0 Å². The van der Waals surface area contributed by atoms with Gasteiger partial charge in [-0.3, -0.25) is 4.90 Å². The second-order valence-electron chi connectivity index (χ2n) is 9.91. The van der Waals surface area contributed by atoms with Crippen molar-refractivity contribution < 1.29 is 13.9 Å². The number of ether oxygens (including phenoxy) is 2. The molecule has 3 heterocycles. The molecule has 190 valence electrons. The highest BCUT2D eigenvalue weighted by Gasteiger charge is 2.43. The van der Waals surface area contributed by atoms with E-state index in [9.17, 15) is 4.39 Å². The predicted octanol–water partition coefficient (Wildman–Crippen LogP) is 4.61. The van der Waals surface area contributed by atoms with Crippen LogP contribution >= 0.6 is 0 Å². The molecular formula is C28H29FN6O2. The molecular weight excluding hydrogens is 471 g/mol. The average Bonchev–Trinajstić information content (AvgIpc) is 3.53. The molecule has 0 radical (unpaired) electrons. The Labute approximate surface area is 215 Å². The lowest BCUT2D eigenvalue weighted by Gasteiger charge is -2.31. The maximum absolute atomic E-state index is 14.1. The zero-order valence-electron chi connectivity index (χ0n) is 20.6. The number of benzene rings is 1. The lowest BCUT2D eigenvalue weighted by Crippen LogP contribution is -2.38. The Morgan fingerprint density at radius 1 is 1.14 bits per heavy atom. The van der Waals surface area contributed by atoms with Crippen LogP contribution in [-0.4, -0.2) is 38.6 Å². The summed E-state index contributed by atoms with van der Waals surface area (Å²) in [6.45, 7) is 3.57. The fourth-order valence-corrected chi connectivity index (χ4v) is 4.73. The van der Waals surface area contributed by atoms with Crippen LogP contribution in [-0.2, 0) is 19.7 Å². The number of nitriles is 2. The first kappa shape index (κ1) is 24.7. The van der Waals surface area contributed by atoms with Gasteiger partial charge >= 0.3 is 0 Å². The highest BCUT2D eigenvalue weighted by molar-refractivity contribution is 5.36. The molecule has 0 amide bonds. The van der Waals surface area contributed by atoms with Crippen LogP contribution in [0, 0.1) is 33.9 Å². The normalized spacial score (nSPS) is 17.1. The average molecular weight is 501 g/mol. The standard InChI is InChI=1S/C28H29FN6O2/c29-24-16-21(17-31)4-5-25(24)36-19-22-2-1-3-27(33-22)37-23-6-13-34(14-7-23)18-26-32-12-15-35(26)20-28(8-9-28)10-11-30/h1-5,12,15-16,23H,6-10,13-14,18-20H2. The summed E-state index contributed by atoms with van der Waals surface area (Å²) in [5, 5.41) is 18.0. The second-order valence-corrected chi connectivity index (χ2v) is 9.91. The summed E-state index contributed by atoms with van der Waals surface area (Å²) in [7, 11) is 0. The third-order valence-electron chi connectivity index (χ3n) is 7.12. The molecule has 3 aromatic rings. The third-order valence-corrected chi connectivity index (χ3v) is 7.12. The van der Waals surface area contributed by atoms with Gasteiger partial charge in [-0.25, -0.2) is 14.4 Å². The van der Waals surface area contributed by atoms with Gasteiger partial charge in [0.25, 0.3) is 0 Å². The van der Waals surface area contributed by atoms with Crippen molar-refractivity contribution in [1.29, 1.82) is 10.5 Å². The number of nitrogens with zero attached hydrogens (tertiary/aromatic N) is 6. The molecule has 0 spiro atoms. The van der Waals surface area contributed by atoms with Crippen LogP contribution in [0.5, 0.6) is 11.6 Å². The molecule has 0 bridgehead atoms. The Balaban J connectivity index is 1.10. The fraction of sp³-hybridized carbons (Fsp3) is 0.429. The monoisotopic (exact) mass is 500 g/mol. The first-order valence-corrected chi connectivity index (χ1v) is 12.6. The van der Waals surface area contributed by atoms with Gasteiger partial charge in [-0.15, -0.1) is 0 Å². The van der Waals surface area contributed by atoms with Gasteiger partial charge in [-0.2, -0.15) is 10.5 Å². The number of imidazole rings is 1. The molecule has 1 aromatic carbocycles. The van der Waals surface area contributed by atoms with Crippen molar-refractivity contribution in [3.8, 4) is 23.8 Å². The Kier molecular flexibility index (Phi) is 7.34. The molecule has 5 rings (SSSR count). The number of piperidine rings is 1. The lowest BCUT2D eigenvalue weighted by atomic mass is 10.0. The van der Waals surface area contributed by atoms with Crippen molar-refractivity contribution in [1.82, 2.24) is 19.4 Å². The van der Waals surface area contributed by atoms with Gasteiger partial charge in [0.2, 0.25) is 5.88 Å². The van der Waals surface area contributed by atoms with Gasteiger partial charge in [0, 0.05) is 49.9 Å². The smallest absolute Gasteiger partial charge is 0.213 e. The van der Waals surface area contributed by atoms with Gasteiger partial charge in [0.1, 0.15) is 18.5 Å². The largest absolute Gasteiger partial charge is 0.484 e. The molecule has 0 atom stereocenters. The van der Waals surface area contributed by atoms with Crippen LogP contribution in [0.15, 0.2) is 48.8 Å². The van der Waals surface area contributed by atoms with Crippen LogP contribution in [0.1, 0.15) is 49.2 Å². The summed E-state index contributed by atoms with van der Waals surface area (Å²) in [6.07, 6.45) is 8.58. The van der Waals surface area contributed by atoms with Crippen LogP contribution in [0.4, 0.5) is 4.39 Å².